The molecule has 0 spiro atoms. The second kappa shape index (κ2) is 7.57. The maximum absolute atomic E-state index is 13.5. The Hall–Kier alpha value is -3.78. The number of thiophene rings is 1. The van der Waals surface area contributed by atoms with E-state index >= 15 is 0 Å². The van der Waals surface area contributed by atoms with Gasteiger partial charge in [0.1, 0.15) is 11.9 Å². The minimum atomic E-state index is -0.308. The van der Waals surface area contributed by atoms with Crippen LogP contribution in [0.2, 0.25) is 0 Å². The van der Waals surface area contributed by atoms with E-state index in [2.05, 4.69) is 20.7 Å². The van der Waals surface area contributed by atoms with E-state index in [0.717, 1.165) is 16.8 Å². The monoisotopic (exact) mass is 417 g/mol. The molecule has 5 rings (SSSR count). The van der Waals surface area contributed by atoms with Gasteiger partial charge in [-0.3, -0.25) is 10.1 Å². The molecule has 2 N–H and O–H groups in total. The number of hydrogen-bond acceptors (Lipinski definition) is 5. The van der Waals surface area contributed by atoms with E-state index in [1.165, 1.54) is 23.5 Å². The second-order valence-corrected chi connectivity index (χ2v) is 7.65. The summed E-state index contributed by atoms with van der Waals surface area (Å²) in [6, 6.07) is 19.4. The summed E-state index contributed by atoms with van der Waals surface area (Å²) >= 11 is 1.35. The lowest BCUT2D eigenvalue weighted by Gasteiger charge is -2.24. The van der Waals surface area contributed by atoms with E-state index in [0.29, 0.717) is 10.8 Å². The quantitative estimate of drug-likeness (QED) is 0.501. The number of aromatic nitrogens is 3. The Morgan fingerprint density at radius 1 is 1.07 bits per heavy atom. The lowest BCUT2D eigenvalue weighted by Crippen LogP contribution is -2.20. The molecule has 1 aliphatic heterocycles. The number of allylic oxidation sites excluding steroid dienone is 1. The van der Waals surface area contributed by atoms with Crippen LogP contribution in [-0.2, 0) is 0 Å². The molecule has 4 aromatic rings. The molecule has 2 aromatic carbocycles. The van der Waals surface area contributed by atoms with Crippen molar-refractivity contribution in [1.82, 2.24) is 14.8 Å². The van der Waals surface area contributed by atoms with E-state index in [9.17, 15) is 9.18 Å². The lowest BCUT2D eigenvalue weighted by atomic mass is 10.0. The molecular weight excluding hydrogens is 401 g/mol. The number of hydrogen-bond donors (Lipinski definition) is 2. The van der Waals surface area contributed by atoms with Crippen molar-refractivity contribution in [3.05, 3.63) is 100 Å². The molecule has 0 aliphatic carbocycles. The zero-order valence-corrected chi connectivity index (χ0v) is 16.4. The highest BCUT2D eigenvalue weighted by Gasteiger charge is 2.26. The highest BCUT2D eigenvalue weighted by molar-refractivity contribution is 7.12. The molecule has 1 amide bonds. The number of nitrogens with one attached hydrogen (secondary N) is 2. The van der Waals surface area contributed by atoms with Crippen LogP contribution in [0.5, 0.6) is 0 Å². The molecule has 0 unspecified atom stereocenters. The van der Waals surface area contributed by atoms with Crippen LogP contribution in [0.15, 0.2) is 78.2 Å². The standard InChI is InChI=1S/C22H16FN5OS/c23-16-10-8-15(9-11-16)18-13-17(14-5-2-1-3-6-14)24-22-26-21(27-28(18)22)25-20(29)19-7-4-12-30-19/h1-13,18H,(H2,24,25,26,27,29)/t18-/m1/s1. The Balaban J connectivity index is 1.53. The van der Waals surface area contributed by atoms with Crippen molar-refractivity contribution in [2.24, 2.45) is 0 Å². The number of amides is 1. The molecular formula is C22H16FN5OS. The zero-order chi connectivity index (χ0) is 20.5. The average molecular weight is 417 g/mol. The van der Waals surface area contributed by atoms with E-state index in [4.69, 9.17) is 0 Å². The predicted molar refractivity (Wildman–Crippen MR) is 115 cm³/mol. The Morgan fingerprint density at radius 2 is 1.87 bits per heavy atom. The van der Waals surface area contributed by atoms with Crippen molar-refractivity contribution >= 4 is 34.8 Å². The minimum absolute atomic E-state index is 0.200. The molecule has 1 aliphatic rings. The molecule has 6 nitrogen and oxygen atoms in total. The van der Waals surface area contributed by atoms with Gasteiger partial charge in [0.25, 0.3) is 11.9 Å². The summed E-state index contributed by atoms with van der Waals surface area (Å²) < 4.78 is 15.1. The number of anilines is 2. The molecule has 0 fully saturated rings. The first-order chi connectivity index (χ1) is 14.7. The third kappa shape index (κ3) is 3.48. The van der Waals surface area contributed by atoms with Gasteiger partial charge in [-0.15, -0.1) is 16.4 Å². The predicted octanol–water partition coefficient (Wildman–Crippen LogP) is 4.79. The van der Waals surface area contributed by atoms with Crippen LogP contribution in [0.1, 0.15) is 26.8 Å². The average Bonchev–Trinajstić information content (AvgIpc) is 3.44. The fourth-order valence-electron chi connectivity index (χ4n) is 3.30. The number of halogens is 1. The number of carbonyl (C=O) groups excluding carboxylic acids is 1. The smallest absolute Gasteiger partial charge is 0.268 e. The summed E-state index contributed by atoms with van der Waals surface area (Å²) in [6.45, 7) is 0. The second-order valence-electron chi connectivity index (χ2n) is 6.70. The third-order valence-electron chi connectivity index (χ3n) is 4.73. The molecule has 0 saturated heterocycles. The topological polar surface area (TPSA) is 71.8 Å². The van der Waals surface area contributed by atoms with Gasteiger partial charge in [-0.25, -0.2) is 9.07 Å². The van der Waals surface area contributed by atoms with Gasteiger partial charge in [0.2, 0.25) is 5.95 Å². The Morgan fingerprint density at radius 3 is 2.60 bits per heavy atom. The largest absolute Gasteiger partial charge is 0.324 e. The summed E-state index contributed by atoms with van der Waals surface area (Å²) in [5, 5.41) is 12.3. The zero-order valence-electron chi connectivity index (χ0n) is 15.6. The molecule has 0 bridgehead atoms. The SMILES string of the molecule is O=C(Nc1nc2n(n1)[C@@H](c1ccc(F)cc1)C=C(c1ccccc1)N2)c1cccs1. The van der Waals surface area contributed by atoms with Crippen LogP contribution < -0.4 is 10.6 Å². The van der Waals surface area contributed by atoms with Crippen molar-refractivity contribution in [2.45, 2.75) is 6.04 Å². The minimum Gasteiger partial charge on any atom is -0.324 e. The van der Waals surface area contributed by atoms with Gasteiger partial charge in [-0.2, -0.15) is 4.98 Å². The van der Waals surface area contributed by atoms with E-state index in [-0.39, 0.29) is 23.7 Å². The van der Waals surface area contributed by atoms with Gasteiger partial charge in [-0.1, -0.05) is 48.5 Å². The highest BCUT2D eigenvalue weighted by atomic mass is 32.1. The molecule has 148 valence electrons. The van der Waals surface area contributed by atoms with Gasteiger partial charge < -0.3 is 5.32 Å². The summed E-state index contributed by atoms with van der Waals surface area (Å²) in [7, 11) is 0. The first-order valence-electron chi connectivity index (χ1n) is 9.28. The van der Waals surface area contributed by atoms with Crippen molar-refractivity contribution in [3.63, 3.8) is 0 Å². The van der Waals surface area contributed by atoms with Gasteiger partial charge in [0, 0.05) is 5.70 Å². The van der Waals surface area contributed by atoms with Gasteiger partial charge in [0.05, 0.1) is 4.88 Å². The van der Waals surface area contributed by atoms with Crippen molar-refractivity contribution in [1.29, 1.82) is 0 Å². The molecule has 3 heterocycles. The summed E-state index contributed by atoms with van der Waals surface area (Å²) in [5.41, 5.74) is 2.71. The lowest BCUT2D eigenvalue weighted by molar-refractivity contribution is 0.102. The maximum atomic E-state index is 13.5. The van der Waals surface area contributed by atoms with Crippen molar-refractivity contribution in [3.8, 4) is 0 Å². The highest BCUT2D eigenvalue weighted by Crippen LogP contribution is 2.33. The van der Waals surface area contributed by atoms with Crippen LogP contribution in [0.4, 0.5) is 16.3 Å². The van der Waals surface area contributed by atoms with Crippen LogP contribution in [0.3, 0.4) is 0 Å². The maximum Gasteiger partial charge on any atom is 0.268 e. The Bertz CT molecular complexity index is 1220. The number of benzene rings is 2. The van der Waals surface area contributed by atoms with Gasteiger partial charge in [0.15, 0.2) is 0 Å². The normalized spacial score (nSPS) is 15.1. The molecule has 0 radical (unpaired) electrons. The third-order valence-corrected chi connectivity index (χ3v) is 5.60. The number of rotatable bonds is 4. The van der Waals surface area contributed by atoms with Crippen LogP contribution in [0, 0.1) is 5.82 Å². The first kappa shape index (κ1) is 18.3. The van der Waals surface area contributed by atoms with Crippen LogP contribution in [-0.4, -0.2) is 20.7 Å². The number of fused-ring (bicyclic) bond motifs is 1. The van der Waals surface area contributed by atoms with Crippen molar-refractivity contribution in [2.75, 3.05) is 10.6 Å². The summed E-state index contributed by atoms with van der Waals surface area (Å²) in [6.07, 6.45) is 2.01. The molecule has 30 heavy (non-hydrogen) atoms. The van der Waals surface area contributed by atoms with E-state index < -0.39 is 0 Å². The Labute approximate surface area is 175 Å². The number of carbonyl (C=O) groups is 1. The van der Waals surface area contributed by atoms with Crippen LogP contribution >= 0.6 is 11.3 Å². The molecule has 0 saturated carbocycles. The van der Waals surface area contributed by atoms with Crippen molar-refractivity contribution < 1.29 is 9.18 Å². The number of nitrogens with zero attached hydrogens (tertiary/aromatic N) is 3. The van der Waals surface area contributed by atoms with Gasteiger partial charge in [-0.05, 0) is 40.8 Å². The summed E-state index contributed by atoms with van der Waals surface area (Å²) in [4.78, 5) is 17.4. The van der Waals surface area contributed by atoms with E-state index in [1.807, 2.05) is 47.9 Å². The fraction of sp³-hybridized carbons (Fsp3) is 0.0455. The van der Waals surface area contributed by atoms with Crippen LogP contribution in [0.25, 0.3) is 5.70 Å². The van der Waals surface area contributed by atoms with E-state index in [1.54, 1.807) is 22.9 Å². The first-order valence-corrected chi connectivity index (χ1v) is 10.2. The molecule has 8 heteroatoms. The summed E-state index contributed by atoms with van der Waals surface area (Å²) in [5.74, 6) is 0.128. The fourth-order valence-corrected chi connectivity index (χ4v) is 3.92. The molecule has 2 aromatic heterocycles. The van der Waals surface area contributed by atoms with Gasteiger partial charge >= 0.3 is 0 Å². The Kier molecular flexibility index (Phi) is 4.61. The molecule has 1 atom stereocenters.